The lowest BCUT2D eigenvalue weighted by Crippen LogP contribution is -2.05. The molecule has 1 heterocycles. The van der Waals surface area contributed by atoms with Gasteiger partial charge in [-0.15, -0.1) is 5.10 Å². The molecule has 0 aliphatic rings. The van der Waals surface area contributed by atoms with Crippen LogP contribution in [0.3, 0.4) is 0 Å². The van der Waals surface area contributed by atoms with E-state index in [2.05, 4.69) is 10.3 Å². The number of nitrogens with zero attached hydrogens (tertiary/aromatic N) is 3. The molecule has 2 aromatic rings. The number of rotatable bonds is 3. The quantitative estimate of drug-likeness (QED) is 0.933. The third kappa shape index (κ3) is 2.44. The molecule has 0 unspecified atom stereocenters. The fourth-order valence-electron chi connectivity index (χ4n) is 1.71. The smallest absolute Gasteiger partial charge is 0.0999 e. The number of nitrogens with two attached hydrogens (primary N) is 1. The fourth-order valence-corrected chi connectivity index (χ4v) is 2.23. The summed E-state index contributed by atoms with van der Waals surface area (Å²) < 4.78 is 1.72. The molecule has 0 radical (unpaired) electrons. The first kappa shape index (κ1) is 12.4. The zero-order chi connectivity index (χ0) is 12.4. The van der Waals surface area contributed by atoms with Crippen LogP contribution in [-0.4, -0.2) is 15.0 Å². The van der Waals surface area contributed by atoms with Gasteiger partial charge >= 0.3 is 0 Å². The Labute approximate surface area is 109 Å². The number of hydrogen-bond donors (Lipinski definition) is 1. The minimum atomic E-state index is 0.372. The molecule has 0 amide bonds. The Morgan fingerprint density at radius 3 is 2.41 bits per heavy atom. The number of benzene rings is 1. The summed E-state index contributed by atoms with van der Waals surface area (Å²) in [6.07, 6.45) is 0.795. The van der Waals surface area contributed by atoms with Crippen molar-refractivity contribution in [1.82, 2.24) is 15.0 Å². The van der Waals surface area contributed by atoms with Crippen molar-refractivity contribution < 1.29 is 0 Å². The fraction of sp³-hybridized carbons (Fsp3) is 0.273. The van der Waals surface area contributed by atoms with Crippen molar-refractivity contribution in [2.75, 3.05) is 0 Å². The van der Waals surface area contributed by atoms with Crippen molar-refractivity contribution in [3.05, 3.63) is 39.6 Å². The summed E-state index contributed by atoms with van der Waals surface area (Å²) in [5.41, 5.74) is 8.18. The van der Waals surface area contributed by atoms with E-state index < -0.39 is 0 Å². The van der Waals surface area contributed by atoms with Crippen molar-refractivity contribution in [3.8, 4) is 5.69 Å². The van der Waals surface area contributed by atoms with E-state index >= 15 is 0 Å². The molecule has 1 aromatic heterocycles. The maximum atomic E-state index is 5.97. The third-order valence-electron chi connectivity index (χ3n) is 2.46. The molecule has 1 aromatic carbocycles. The molecule has 0 saturated heterocycles. The maximum Gasteiger partial charge on any atom is 0.0999 e. The largest absolute Gasteiger partial charge is 0.325 e. The lowest BCUT2D eigenvalue weighted by molar-refractivity contribution is 0.767. The van der Waals surface area contributed by atoms with E-state index in [0.29, 0.717) is 16.6 Å². The Morgan fingerprint density at radius 1 is 1.24 bits per heavy atom. The standard InChI is InChI=1S/C11H12Cl2N4/c1-2-11-10(6-14)15-16-17(11)9-4-7(12)3-8(13)5-9/h3-5H,2,6,14H2,1H3. The highest BCUT2D eigenvalue weighted by atomic mass is 35.5. The molecule has 0 aliphatic carbocycles. The average Bonchev–Trinajstić information content (AvgIpc) is 2.70. The molecule has 0 saturated carbocycles. The van der Waals surface area contributed by atoms with Crippen LogP contribution in [0, 0.1) is 0 Å². The summed E-state index contributed by atoms with van der Waals surface area (Å²) in [4.78, 5) is 0. The van der Waals surface area contributed by atoms with Gasteiger partial charge in [0.15, 0.2) is 0 Å². The van der Waals surface area contributed by atoms with Gasteiger partial charge in [-0.1, -0.05) is 35.3 Å². The van der Waals surface area contributed by atoms with E-state index in [0.717, 1.165) is 23.5 Å². The minimum absolute atomic E-state index is 0.372. The summed E-state index contributed by atoms with van der Waals surface area (Å²) in [5, 5.41) is 9.26. The normalized spacial score (nSPS) is 10.8. The Kier molecular flexibility index (Phi) is 3.66. The van der Waals surface area contributed by atoms with E-state index in [4.69, 9.17) is 28.9 Å². The van der Waals surface area contributed by atoms with Crippen LogP contribution >= 0.6 is 23.2 Å². The lowest BCUT2D eigenvalue weighted by atomic mass is 10.2. The number of hydrogen-bond acceptors (Lipinski definition) is 3. The summed E-state index contributed by atoms with van der Waals surface area (Å²) in [6.45, 7) is 2.40. The van der Waals surface area contributed by atoms with E-state index in [9.17, 15) is 0 Å². The number of halogens is 2. The lowest BCUT2D eigenvalue weighted by Gasteiger charge is -2.06. The van der Waals surface area contributed by atoms with E-state index in [1.54, 1.807) is 22.9 Å². The molecule has 2 N–H and O–H groups in total. The minimum Gasteiger partial charge on any atom is -0.325 e. The first-order chi connectivity index (χ1) is 8.15. The SMILES string of the molecule is CCc1c(CN)nnn1-c1cc(Cl)cc(Cl)c1. The van der Waals surface area contributed by atoms with Crippen molar-refractivity contribution >= 4 is 23.2 Å². The molecule has 0 atom stereocenters. The monoisotopic (exact) mass is 270 g/mol. The van der Waals surface area contributed by atoms with Crippen molar-refractivity contribution in [1.29, 1.82) is 0 Å². The predicted molar refractivity (Wildman–Crippen MR) is 68.6 cm³/mol. The van der Waals surface area contributed by atoms with Crippen LogP contribution in [0.1, 0.15) is 18.3 Å². The first-order valence-corrected chi connectivity index (χ1v) is 6.01. The Balaban J connectivity index is 2.55. The zero-order valence-electron chi connectivity index (χ0n) is 9.32. The molecule has 2 rings (SSSR count). The summed E-state index contributed by atoms with van der Waals surface area (Å²) in [7, 11) is 0. The molecular weight excluding hydrogens is 259 g/mol. The summed E-state index contributed by atoms with van der Waals surface area (Å²) >= 11 is 11.9. The second kappa shape index (κ2) is 5.04. The van der Waals surface area contributed by atoms with Gasteiger partial charge in [-0.2, -0.15) is 0 Å². The van der Waals surface area contributed by atoms with Gasteiger partial charge in [0.05, 0.1) is 17.1 Å². The van der Waals surface area contributed by atoms with Crippen LogP contribution in [0.25, 0.3) is 5.69 Å². The maximum absolute atomic E-state index is 5.97. The van der Waals surface area contributed by atoms with E-state index in [1.165, 1.54) is 0 Å². The van der Waals surface area contributed by atoms with Crippen molar-refractivity contribution in [2.24, 2.45) is 5.73 Å². The molecule has 0 aliphatic heterocycles. The van der Waals surface area contributed by atoms with Gasteiger partial charge in [0.2, 0.25) is 0 Å². The van der Waals surface area contributed by atoms with Crippen LogP contribution in [0.4, 0.5) is 0 Å². The van der Waals surface area contributed by atoms with Gasteiger partial charge in [0, 0.05) is 16.6 Å². The molecule has 6 heteroatoms. The Bertz CT molecular complexity index is 516. The second-order valence-corrected chi connectivity index (χ2v) is 4.45. The highest BCUT2D eigenvalue weighted by molar-refractivity contribution is 6.34. The van der Waals surface area contributed by atoms with Crippen molar-refractivity contribution in [3.63, 3.8) is 0 Å². The van der Waals surface area contributed by atoms with Crippen LogP contribution in [0.15, 0.2) is 18.2 Å². The molecule has 0 spiro atoms. The highest BCUT2D eigenvalue weighted by Crippen LogP contribution is 2.23. The zero-order valence-corrected chi connectivity index (χ0v) is 10.8. The molecule has 90 valence electrons. The van der Waals surface area contributed by atoms with Crippen LogP contribution in [0.5, 0.6) is 0 Å². The summed E-state index contributed by atoms with van der Waals surface area (Å²) in [6, 6.07) is 5.27. The Hall–Kier alpha value is -1.10. The molecule has 4 nitrogen and oxygen atoms in total. The average molecular weight is 271 g/mol. The highest BCUT2D eigenvalue weighted by Gasteiger charge is 2.12. The van der Waals surface area contributed by atoms with Crippen LogP contribution < -0.4 is 5.73 Å². The van der Waals surface area contributed by atoms with Gasteiger partial charge in [-0.3, -0.25) is 0 Å². The summed E-state index contributed by atoms with van der Waals surface area (Å²) in [5.74, 6) is 0. The van der Waals surface area contributed by atoms with Gasteiger partial charge in [0.25, 0.3) is 0 Å². The number of aromatic nitrogens is 3. The molecule has 0 bridgehead atoms. The molecule has 0 fully saturated rings. The van der Waals surface area contributed by atoms with E-state index in [1.807, 2.05) is 6.92 Å². The Morgan fingerprint density at radius 2 is 1.88 bits per heavy atom. The van der Waals surface area contributed by atoms with Gasteiger partial charge in [-0.25, -0.2) is 4.68 Å². The van der Waals surface area contributed by atoms with Crippen molar-refractivity contribution in [2.45, 2.75) is 19.9 Å². The molecular formula is C11H12Cl2N4. The second-order valence-electron chi connectivity index (χ2n) is 3.58. The van der Waals surface area contributed by atoms with Gasteiger partial charge < -0.3 is 5.73 Å². The third-order valence-corrected chi connectivity index (χ3v) is 2.90. The van der Waals surface area contributed by atoms with Crippen LogP contribution in [-0.2, 0) is 13.0 Å². The van der Waals surface area contributed by atoms with Gasteiger partial charge in [-0.05, 0) is 24.6 Å². The van der Waals surface area contributed by atoms with Gasteiger partial charge in [0.1, 0.15) is 0 Å². The molecule has 17 heavy (non-hydrogen) atoms. The van der Waals surface area contributed by atoms with E-state index in [-0.39, 0.29) is 0 Å². The van der Waals surface area contributed by atoms with Crippen LogP contribution in [0.2, 0.25) is 10.0 Å². The topological polar surface area (TPSA) is 56.7 Å². The predicted octanol–water partition coefficient (Wildman–Crippen LogP) is 2.60. The first-order valence-electron chi connectivity index (χ1n) is 5.25.